The average Bonchev–Trinajstić information content (AvgIpc) is 3.43. The molecule has 0 spiro atoms. The summed E-state index contributed by atoms with van der Waals surface area (Å²) < 4.78 is 1.92. The summed E-state index contributed by atoms with van der Waals surface area (Å²) in [7, 11) is 3.72. The van der Waals surface area contributed by atoms with Crippen LogP contribution in [0.25, 0.3) is 0 Å². The molecule has 0 bridgehead atoms. The van der Waals surface area contributed by atoms with Gasteiger partial charge in [0.15, 0.2) is 0 Å². The molecule has 1 saturated heterocycles. The molecule has 3 atom stereocenters. The lowest BCUT2D eigenvalue weighted by Gasteiger charge is -2.20. The fourth-order valence-electron chi connectivity index (χ4n) is 4.26. The predicted molar refractivity (Wildman–Crippen MR) is 120 cm³/mol. The van der Waals surface area contributed by atoms with Crippen molar-refractivity contribution in [3.05, 3.63) is 89.5 Å². The Balaban J connectivity index is 1.31. The molecular formula is C25H30N4O2. The number of nitrogens with one attached hydrogen (secondary N) is 1. The fourth-order valence-corrected chi connectivity index (χ4v) is 4.26. The van der Waals surface area contributed by atoms with E-state index < -0.39 is 6.10 Å². The number of aryl methyl sites for hydroxylation is 1. The van der Waals surface area contributed by atoms with Crippen molar-refractivity contribution < 1.29 is 9.90 Å². The van der Waals surface area contributed by atoms with Gasteiger partial charge in [0, 0.05) is 44.1 Å². The van der Waals surface area contributed by atoms with Gasteiger partial charge in [0.05, 0.1) is 12.6 Å². The smallest absolute Gasteiger partial charge is 0.253 e. The Labute approximate surface area is 183 Å². The number of carbonyl (C=O) groups excluding carboxylic acids is 1. The summed E-state index contributed by atoms with van der Waals surface area (Å²) in [5.41, 5.74) is 2.83. The van der Waals surface area contributed by atoms with Crippen LogP contribution in [0.1, 0.15) is 46.3 Å². The lowest BCUT2D eigenvalue weighted by atomic mass is 10.0. The Kier molecular flexibility index (Phi) is 6.49. The molecule has 0 radical (unpaired) electrons. The van der Waals surface area contributed by atoms with Crippen molar-refractivity contribution in [3.8, 4) is 0 Å². The van der Waals surface area contributed by atoms with Gasteiger partial charge in [-0.1, -0.05) is 42.5 Å². The molecule has 1 aromatic heterocycles. The van der Waals surface area contributed by atoms with Gasteiger partial charge < -0.3 is 19.9 Å². The first-order chi connectivity index (χ1) is 15.0. The van der Waals surface area contributed by atoms with Crippen LogP contribution < -0.4 is 5.32 Å². The van der Waals surface area contributed by atoms with E-state index in [9.17, 15) is 9.90 Å². The predicted octanol–water partition coefficient (Wildman–Crippen LogP) is 3.09. The average molecular weight is 419 g/mol. The van der Waals surface area contributed by atoms with Crippen molar-refractivity contribution >= 4 is 5.91 Å². The van der Waals surface area contributed by atoms with E-state index >= 15 is 0 Å². The number of hydrogen-bond acceptors (Lipinski definition) is 4. The number of rotatable bonds is 7. The Bertz CT molecular complexity index is 1000. The number of carbonyl (C=O) groups is 1. The SMILES string of the molecule is CN(Cc1nccn1C)C(=O)c1ccc(C[C@@H]2CC[C@H]([C@H](O)c3ccccc3)N2)cc1. The number of aliphatic hydroxyl groups is 1. The number of amides is 1. The first kappa shape index (κ1) is 21.3. The summed E-state index contributed by atoms with van der Waals surface area (Å²) in [5.74, 6) is 0.839. The fraction of sp³-hybridized carbons (Fsp3) is 0.360. The van der Waals surface area contributed by atoms with Gasteiger partial charge in [-0.2, -0.15) is 0 Å². The summed E-state index contributed by atoms with van der Waals surface area (Å²) in [5, 5.41) is 14.2. The molecule has 3 aromatic rings. The molecule has 1 amide bonds. The van der Waals surface area contributed by atoms with Crippen LogP contribution in [0.3, 0.4) is 0 Å². The van der Waals surface area contributed by atoms with Gasteiger partial charge in [-0.3, -0.25) is 4.79 Å². The molecule has 1 aliphatic rings. The third kappa shape index (κ3) is 5.03. The molecule has 6 nitrogen and oxygen atoms in total. The van der Waals surface area contributed by atoms with Crippen LogP contribution in [-0.2, 0) is 20.0 Å². The van der Waals surface area contributed by atoms with Crippen LogP contribution in [0.5, 0.6) is 0 Å². The Morgan fingerprint density at radius 1 is 1.19 bits per heavy atom. The zero-order valence-electron chi connectivity index (χ0n) is 18.1. The number of hydrogen-bond donors (Lipinski definition) is 2. The van der Waals surface area contributed by atoms with E-state index in [2.05, 4.69) is 10.3 Å². The lowest BCUT2D eigenvalue weighted by molar-refractivity contribution is 0.0780. The van der Waals surface area contributed by atoms with E-state index in [1.807, 2.05) is 72.4 Å². The molecule has 2 aromatic carbocycles. The minimum absolute atomic E-state index is 0.0143. The van der Waals surface area contributed by atoms with Crippen molar-refractivity contribution in [2.75, 3.05) is 7.05 Å². The summed E-state index contributed by atoms with van der Waals surface area (Å²) in [6.07, 6.45) is 6.00. The summed E-state index contributed by atoms with van der Waals surface area (Å²) in [4.78, 5) is 18.7. The van der Waals surface area contributed by atoms with Gasteiger partial charge in [0.2, 0.25) is 0 Å². The summed E-state index contributed by atoms with van der Waals surface area (Å²) >= 11 is 0. The largest absolute Gasteiger partial charge is 0.387 e. The minimum atomic E-state index is -0.486. The molecule has 4 rings (SSSR count). The highest BCUT2D eigenvalue weighted by Crippen LogP contribution is 2.26. The lowest BCUT2D eigenvalue weighted by Crippen LogP contribution is -2.35. The van der Waals surface area contributed by atoms with Crippen molar-refractivity contribution in [2.24, 2.45) is 7.05 Å². The van der Waals surface area contributed by atoms with E-state index in [1.165, 1.54) is 5.56 Å². The molecule has 162 valence electrons. The van der Waals surface area contributed by atoms with E-state index in [4.69, 9.17) is 0 Å². The molecule has 0 saturated carbocycles. The molecule has 1 fully saturated rings. The first-order valence-electron chi connectivity index (χ1n) is 10.8. The molecule has 0 aliphatic carbocycles. The van der Waals surface area contributed by atoms with Gasteiger partial charge in [-0.25, -0.2) is 4.98 Å². The first-order valence-corrected chi connectivity index (χ1v) is 10.8. The molecule has 2 heterocycles. The highest BCUT2D eigenvalue weighted by molar-refractivity contribution is 5.94. The zero-order chi connectivity index (χ0) is 21.8. The van der Waals surface area contributed by atoms with Crippen LogP contribution in [0.4, 0.5) is 0 Å². The summed E-state index contributed by atoms with van der Waals surface area (Å²) in [6.45, 7) is 0.473. The van der Waals surface area contributed by atoms with Crippen molar-refractivity contribution in [1.82, 2.24) is 19.8 Å². The van der Waals surface area contributed by atoms with Gasteiger partial charge in [0.1, 0.15) is 5.82 Å². The van der Waals surface area contributed by atoms with E-state index in [0.29, 0.717) is 18.2 Å². The second-order valence-electron chi connectivity index (χ2n) is 8.42. The van der Waals surface area contributed by atoms with Crippen LogP contribution in [-0.4, -0.2) is 44.6 Å². The third-order valence-corrected chi connectivity index (χ3v) is 6.13. The van der Waals surface area contributed by atoms with Crippen LogP contribution in [0.2, 0.25) is 0 Å². The highest BCUT2D eigenvalue weighted by Gasteiger charge is 2.29. The van der Waals surface area contributed by atoms with Crippen LogP contribution in [0.15, 0.2) is 67.0 Å². The molecular weight excluding hydrogens is 388 g/mol. The Morgan fingerprint density at radius 3 is 2.61 bits per heavy atom. The normalized spacial score (nSPS) is 19.3. The van der Waals surface area contributed by atoms with Gasteiger partial charge in [-0.15, -0.1) is 0 Å². The highest BCUT2D eigenvalue weighted by atomic mass is 16.3. The standard InChI is InChI=1S/C25H30N4O2/c1-28-15-14-26-23(28)17-29(2)25(31)20-10-8-18(9-11-20)16-21-12-13-22(27-21)24(30)19-6-4-3-5-7-19/h3-11,14-15,21-22,24,27,30H,12-13,16-17H2,1-2H3/t21-,22+,24+/m0/s1. The molecule has 2 N–H and O–H groups in total. The Morgan fingerprint density at radius 2 is 1.94 bits per heavy atom. The molecule has 6 heteroatoms. The number of aromatic nitrogens is 2. The maximum Gasteiger partial charge on any atom is 0.253 e. The van der Waals surface area contributed by atoms with E-state index in [-0.39, 0.29) is 11.9 Å². The number of benzene rings is 2. The van der Waals surface area contributed by atoms with Crippen molar-refractivity contribution in [1.29, 1.82) is 0 Å². The van der Waals surface area contributed by atoms with Gasteiger partial charge in [-0.05, 0) is 42.5 Å². The third-order valence-electron chi connectivity index (χ3n) is 6.13. The van der Waals surface area contributed by atoms with Gasteiger partial charge >= 0.3 is 0 Å². The minimum Gasteiger partial charge on any atom is -0.387 e. The van der Waals surface area contributed by atoms with Crippen molar-refractivity contribution in [3.63, 3.8) is 0 Å². The second kappa shape index (κ2) is 9.45. The number of nitrogens with zero attached hydrogens (tertiary/aromatic N) is 3. The Hall–Kier alpha value is -2.96. The monoisotopic (exact) mass is 418 g/mol. The molecule has 1 aliphatic heterocycles. The van der Waals surface area contributed by atoms with Crippen LogP contribution >= 0.6 is 0 Å². The maximum absolute atomic E-state index is 12.7. The van der Waals surface area contributed by atoms with Crippen molar-refractivity contribution in [2.45, 2.75) is 44.0 Å². The quantitative estimate of drug-likeness (QED) is 0.619. The maximum atomic E-state index is 12.7. The number of aliphatic hydroxyl groups excluding tert-OH is 1. The zero-order valence-corrected chi connectivity index (χ0v) is 18.1. The number of imidazole rings is 1. The summed E-state index contributed by atoms with van der Waals surface area (Å²) in [6, 6.07) is 18.1. The topological polar surface area (TPSA) is 70.4 Å². The van der Waals surface area contributed by atoms with E-state index in [1.54, 1.807) is 18.1 Å². The van der Waals surface area contributed by atoms with Crippen LogP contribution in [0, 0.1) is 0 Å². The molecule has 0 unspecified atom stereocenters. The van der Waals surface area contributed by atoms with Gasteiger partial charge in [0.25, 0.3) is 5.91 Å². The molecule has 31 heavy (non-hydrogen) atoms. The second-order valence-corrected chi connectivity index (χ2v) is 8.42. The van der Waals surface area contributed by atoms with E-state index in [0.717, 1.165) is 30.7 Å².